The molecule has 2 aromatic rings. The molecular weight excluding hydrogens is 408 g/mol. The molecule has 2 aromatic carbocycles. The van der Waals surface area contributed by atoms with E-state index in [0.717, 1.165) is 4.47 Å². The first kappa shape index (κ1) is 19.4. The molecule has 0 unspecified atom stereocenters. The largest absolute Gasteiger partial charge is 0.494 e. The van der Waals surface area contributed by atoms with Crippen molar-refractivity contribution in [2.24, 2.45) is 0 Å². The van der Waals surface area contributed by atoms with Gasteiger partial charge in [0.1, 0.15) is 5.75 Å². The molecule has 0 saturated heterocycles. The van der Waals surface area contributed by atoms with Gasteiger partial charge in [0, 0.05) is 23.1 Å². The van der Waals surface area contributed by atoms with Crippen LogP contribution in [-0.2, 0) is 10.0 Å². The van der Waals surface area contributed by atoms with E-state index in [9.17, 15) is 13.2 Å². The highest BCUT2D eigenvalue weighted by atomic mass is 79.9. The zero-order chi connectivity index (χ0) is 18.3. The minimum atomic E-state index is -3.63. The summed E-state index contributed by atoms with van der Waals surface area (Å²) < 4.78 is 32.9. The molecule has 25 heavy (non-hydrogen) atoms. The van der Waals surface area contributed by atoms with E-state index in [1.165, 1.54) is 12.1 Å². The van der Waals surface area contributed by atoms with E-state index >= 15 is 0 Å². The lowest BCUT2D eigenvalue weighted by atomic mass is 10.2. The highest BCUT2D eigenvalue weighted by Gasteiger charge is 2.13. The summed E-state index contributed by atoms with van der Waals surface area (Å²) in [5, 5.41) is 2.67. The molecule has 2 rings (SSSR count). The number of halogens is 1. The monoisotopic (exact) mass is 426 g/mol. The molecule has 1 amide bonds. The van der Waals surface area contributed by atoms with Gasteiger partial charge in [0.15, 0.2) is 0 Å². The molecule has 0 fully saturated rings. The maximum atomic E-state index is 12.2. The molecule has 0 spiro atoms. The molecule has 0 bridgehead atoms. The van der Waals surface area contributed by atoms with Crippen LogP contribution in [0.25, 0.3) is 0 Å². The van der Waals surface area contributed by atoms with Crippen molar-refractivity contribution in [1.29, 1.82) is 0 Å². The molecule has 0 aliphatic heterocycles. The lowest BCUT2D eigenvalue weighted by molar-refractivity contribution is 0.0954. The van der Waals surface area contributed by atoms with E-state index in [2.05, 4.69) is 26.0 Å². The summed E-state index contributed by atoms with van der Waals surface area (Å²) in [6, 6.07) is 13.1. The number of amides is 1. The van der Waals surface area contributed by atoms with Crippen molar-refractivity contribution in [2.45, 2.75) is 11.8 Å². The Morgan fingerprint density at radius 2 is 1.84 bits per heavy atom. The Bertz CT molecular complexity index is 823. The third kappa shape index (κ3) is 5.84. The maximum Gasteiger partial charge on any atom is 0.251 e. The zero-order valence-electron chi connectivity index (χ0n) is 13.7. The number of hydrogen-bond acceptors (Lipinski definition) is 4. The Kier molecular flexibility index (Phi) is 6.98. The van der Waals surface area contributed by atoms with Gasteiger partial charge in [0.05, 0.1) is 11.5 Å². The van der Waals surface area contributed by atoms with Crippen molar-refractivity contribution in [3.05, 3.63) is 58.6 Å². The van der Waals surface area contributed by atoms with E-state index in [4.69, 9.17) is 4.74 Å². The Morgan fingerprint density at radius 1 is 1.12 bits per heavy atom. The van der Waals surface area contributed by atoms with E-state index in [-0.39, 0.29) is 23.9 Å². The van der Waals surface area contributed by atoms with Crippen LogP contribution in [0.2, 0.25) is 0 Å². The number of carbonyl (C=O) groups excluding carboxylic acids is 1. The molecule has 0 saturated carbocycles. The summed E-state index contributed by atoms with van der Waals surface area (Å²) in [6.07, 6.45) is 0. The van der Waals surface area contributed by atoms with Crippen LogP contribution < -0.4 is 14.8 Å². The second-order valence-electron chi connectivity index (χ2n) is 5.07. The predicted molar refractivity (Wildman–Crippen MR) is 99.3 cm³/mol. The number of sulfonamides is 1. The van der Waals surface area contributed by atoms with Crippen LogP contribution in [-0.4, -0.2) is 34.0 Å². The number of benzene rings is 2. The van der Waals surface area contributed by atoms with E-state index in [1.807, 2.05) is 13.0 Å². The van der Waals surface area contributed by atoms with Gasteiger partial charge in [0.25, 0.3) is 5.91 Å². The summed E-state index contributed by atoms with van der Waals surface area (Å²) in [5.74, 6) is 0.351. The molecule has 6 nitrogen and oxygen atoms in total. The Labute approximate surface area is 155 Å². The smallest absolute Gasteiger partial charge is 0.251 e. The van der Waals surface area contributed by atoms with Crippen LogP contribution in [0.5, 0.6) is 5.75 Å². The Balaban J connectivity index is 1.84. The van der Waals surface area contributed by atoms with Gasteiger partial charge in [-0.15, -0.1) is 0 Å². The summed E-state index contributed by atoms with van der Waals surface area (Å²) in [5.41, 5.74) is 0.503. The van der Waals surface area contributed by atoms with E-state index in [0.29, 0.717) is 17.9 Å². The summed E-state index contributed by atoms with van der Waals surface area (Å²) in [7, 11) is -3.63. The quantitative estimate of drug-likeness (QED) is 0.635. The molecular formula is C17H19BrN2O4S. The third-order valence-corrected chi connectivity index (χ3v) is 5.20. The summed E-state index contributed by atoms with van der Waals surface area (Å²) >= 11 is 3.30. The van der Waals surface area contributed by atoms with Gasteiger partial charge in [-0.1, -0.05) is 22.0 Å². The Morgan fingerprint density at radius 3 is 2.48 bits per heavy atom. The second-order valence-corrected chi connectivity index (χ2v) is 7.75. The molecule has 134 valence electrons. The minimum Gasteiger partial charge on any atom is -0.494 e. The fourth-order valence-corrected chi connectivity index (χ4v) is 3.49. The number of ether oxygens (including phenoxy) is 1. The highest BCUT2D eigenvalue weighted by molar-refractivity contribution is 9.10. The second kappa shape index (κ2) is 8.98. The van der Waals surface area contributed by atoms with Crippen LogP contribution in [0.4, 0.5) is 0 Å². The van der Waals surface area contributed by atoms with Gasteiger partial charge >= 0.3 is 0 Å². The van der Waals surface area contributed by atoms with Crippen molar-refractivity contribution in [2.75, 3.05) is 19.7 Å². The first-order valence-corrected chi connectivity index (χ1v) is 9.96. The molecule has 0 heterocycles. The fraction of sp³-hybridized carbons (Fsp3) is 0.235. The maximum absolute atomic E-state index is 12.2. The van der Waals surface area contributed by atoms with Crippen LogP contribution in [0, 0.1) is 0 Å². The van der Waals surface area contributed by atoms with Crippen molar-refractivity contribution < 1.29 is 17.9 Å². The average molecular weight is 427 g/mol. The standard InChI is InChI=1S/C17H19BrN2O4S/c1-2-24-15-6-8-16(9-7-15)25(22,23)20-11-10-19-17(21)13-4-3-5-14(18)12-13/h3-9,12,20H,2,10-11H2,1H3,(H,19,21). The molecule has 2 N–H and O–H groups in total. The molecule has 0 aliphatic rings. The number of hydrogen-bond donors (Lipinski definition) is 2. The van der Waals surface area contributed by atoms with Gasteiger partial charge < -0.3 is 10.1 Å². The molecule has 0 radical (unpaired) electrons. The van der Waals surface area contributed by atoms with Gasteiger partial charge in [0.2, 0.25) is 10.0 Å². The van der Waals surface area contributed by atoms with Gasteiger partial charge in [-0.3, -0.25) is 4.79 Å². The van der Waals surface area contributed by atoms with Crippen LogP contribution in [0.15, 0.2) is 57.9 Å². The molecule has 0 atom stereocenters. The Hall–Kier alpha value is -1.90. The summed E-state index contributed by atoms with van der Waals surface area (Å²) in [4.78, 5) is 12.1. The van der Waals surface area contributed by atoms with Gasteiger partial charge in [-0.05, 0) is 49.4 Å². The van der Waals surface area contributed by atoms with Crippen molar-refractivity contribution in [3.63, 3.8) is 0 Å². The highest BCUT2D eigenvalue weighted by Crippen LogP contribution is 2.15. The van der Waals surface area contributed by atoms with Crippen molar-refractivity contribution >= 4 is 31.9 Å². The van der Waals surface area contributed by atoms with Gasteiger partial charge in [-0.25, -0.2) is 13.1 Å². The van der Waals surface area contributed by atoms with E-state index < -0.39 is 10.0 Å². The third-order valence-electron chi connectivity index (χ3n) is 3.23. The minimum absolute atomic E-state index is 0.0925. The zero-order valence-corrected chi connectivity index (χ0v) is 16.1. The first-order valence-electron chi connectivity index (χ1n) is 7.68. The number of nitrogens with one attached hydrogen (secondary N) is 2. The normalized spacial score (nSPS) is 11.1. The predicted octanol–water partition coefficient (Wildman–Crippen LogP) is 2.56. The number of rotatable bonds is 8. The van der Waals surface area contributed by atoms with Crippen molar-refractivity contribution in [1.82, 2.24) is 10.0 Å². The lowest BCUT2D eigenvalue weighted by Crippen LogP contribution is -2.34. The first-order chi connectivity index (χ1) is 11.9. The average Bonchev–Trinajstić information content (AvgIpc) is 2.59. The molecule has 8 heteroatoms. The van der Waals surface area contributed by atoms with Crippen LogP contribution in [0.1, 0.15) is 17.3 Å². The van der Waals surface area contributed by atoms with Crippen LogP contribution >= 0.6 is 15.9 Å². The topological polar surface area (TPSA) is 84.5 Å². The lowest BCUT2D eigenvalue weighted by Gasteiger charge is -2.09. The van der Waals surface area contributed by atoms with Crippen LogP contribution in [0.3, 0.4) is 0 Å². The van der Waals surface area contributed by atoms with Crippen molar-refractivity contribution in [3.8, 4) is 5.75 Å². The molecule has 0 aliphatic carbocycles. The van der Waals surface area contributed by atoms with E-state index in [1.54, 1.807) is 30.3 Å². The fourth-order valence-electron chi connectivity index (χ4n) is 2.06. The summed E-state index contributed by atoms with van der Waals surface area (Å²) in [6.45, 7) is 2.65. The SMILES string of the molecule is CCOc1ccc(S(=O)(=O)NCCNC(=O)c2cccc(Br)c2)cc1. The van der Waals surface area contributed by atoms with Gasteiger partial charge in [-0.2, -0.15) is 0 Å². The number of carbonyl (C=O) groups is 1. The molecule has 0 aromatic heterocycles.